The lowest BCUT2D eigenvalue weighted by molar-refractivity contribution is -0.121. The molecule has 0 atom stereocenters. The van der Waals surface area contributed by atoms with Crippen molar-refractivity contribution >= 4 is 21.8 Å². The molecule has 3 aromatic rings. The SMILES string of the molecule is O=C(CCNS(=O)(=O)c1ccc2c(c1)CCCC2)NNC(=O)c1ccc(COc2ccccc2)o1. The Bertz CT molecular complexity index is 1290. The molecule has 3 N–H and O–H groups in total. The highest BCUT2D eigenvalue weighted by Crippen LogP contribution is 2.24. The summed E-state index contributed by atoms with van der Waals surface area (Å²) in [5.41, 5.74) is 6.75. The zero-order valence-corrected chi connectivity index (χ0v) is 19.9. The molecule has 0 bridgehead atoms. The molecular weight excluding hydrogens is 470 g/mol. The second kappa shape index (κ2) is 11.2. The van der Waals surface area contributed by atoms with Gasteiger partial charge in [0, 0.05) is 13.0 Å². The van der Waals surface area contributed by atoms with Crippen LogP contribution in [0.3, 0.4) is 0 Å². The van der Waals surface area contributed by atoms with E-state index in [0.29, 0.717) is 11.5 Å². The van der Waals surface area contributed by atoms with Crippen LogP contribution >= 0.6 is 0 Å². The zero-order chi connectivity index (χ0) is 24.7. The highest BCUT2D eigenvalue weighted by Gasteiger charge is 2.18. The molecule has 0 fully saturated rings. The number of rotatable bonds is 9. The lowest BCUT2D eigenvalue weighted by atomic mass is 9.92. The number of hydrogen-bond acceptors (Lipinski definition) is 6. The van der Waals surface area contributed by atoms with Gasteiger partial charge in [0.25, 0.3) is 0 Å². The van der Waals surface area contributed by atoms with Gasteiger partial charge in [0.2, 0.25) is 15.9 Å². The number of hydrazine groups is 1. The number of carbonyl (C=O) groups excluding carboxylic acids is 2. The Labute approximate surface area is 203 Å². The van der Waals surface area contributed by atoms with Crippen molar-refractivity contribution in [3.05, 3.63) is 83.3 Å². The van der Waals surface area contributed by atoms with Crippen LogP contribution in [0.1, 0.15) is 46.7 Å². The molecule has 0 saturated heterocycles. The van der Waals surface area contributed by atoms with Crippen LogP contribution in [0, 0.1) is 0 Å². The van der Waals surface area contributed by atoms with Crippen molar-refractivity contribution in [1.82, 2.24) is 15.6 Å². The van der Waals surface area contributed by atoms with Crippen molar-refractivity contribution in [2.75, 3.05) is 6.54 Å². The van der Waals surface area contributed by atoms with Crippen molar-refractivity contribution in [3.8, 4) is 5.75 Å². The van der Waals surface area contributed by atoms with Gasteiger partial charge in [-0.15, -0.1) is 0 Å². The summed E-state index contributed by atoms with van der Waals surface area (Å²) in [7, 11) is -3.73. The number of furan rings is 1. The summed E-state index contributed by atoms with van der Waals surface area (Å²) in [5, 5.41) is 0. The molecule has 1 aliphatic rings. The van der Waals surface area contributed by atoms with E-state index in [1.807, 2.05) is 24.3 Å². The summed E-state index contributed by atoms with van der Waals surface area (Å²) in [5.74, 6) is -0.0685. The molecule has 0 aliphatic heterocycles. The Kier molecular flexibility index (Phi) is 7.84. The van der Waals surface area contributed by atoms with Gasteiger partial charge < -0.3 is 9.15 Å². The standard InChI is InChI=1S/C25H27N3O6S/c29-24(14-15-26-35(31,32)22-12-10-18-6-4-5-7-19(18)16-22)27-28-25(30)23-13-11-21(34-23)17-33-20-8-2-1-3-9-20/h1-3,8-13,16,26H,4-7,14-15,17H2,(H,27,29)(H,28,30). The van der Waals surface area contributed by atoms with Gasteiger partial charge in [0.05, 0.1) is 4.90 Å². The first-order valence-corrected chi connectivity index (χ1v) is 12.9. The molecule has 184 valence electrons. The maximum Gasteiger partial charge on any atom is 0.305 e. The van der Waals surface area contributed by atoms with E-state index in [4.69, 9.17) is 9.15 Å². The average Bonchev–Trinajstić information content (AvgIpc) is 3.35. The van der Waals surface area contributed by atoms with Gasteiger partial charge >= 0.3 is 5.91 Å². The smallest absolute Gasteiger partial charge is 0.305 e. The fourth-order valence-electron chi connectivity index (χ4n) is 3.76. The van der Waals surface area contributed by atoms with Crippen LogP contribution in [0.2, 0.25) is 0 Å². The third kappa shape index (κ3) is 6.71. The molecule has 0 unspecified atom stereocenters. The van der Waals surface area contributed by atoms with Crippen molar-refractivity contribution in [2.45, 2.75) is 43.6 Å². The second-order valence-electron chi connectivity index (χ2n) is 8.16. The summed E-state index contributed by atoms with van der Waals surface area (Å²) in [6, 6.07) is 17.4. The van der Waals surface area contributed by atoms with Crippen LogP contribution < -0.4 is 20.3 Å². The van der Waals surface area contributed by atoms with Gasteiger partial charge in [-0.3, -0.25) is 20.4 Å². The van der Waals surface area contributed by atoms with Crippen LogP contribution in [0.5, 0.6) is 5.75 Å². The van der Waals surface area contributed by atoms with Gasteiger partial charge in [0.1, 0.15) is 18.1 Å². The molecule has 9 nitrogen and oxygen atoms in total. The molecule has 4 rings (SSSR count). The molecule has 1 aromatic heterocycles. The van der Waals surface area contributed by atoms with Crippen LogP contribution in [-0.4, -0.2) is 26.8 Å². The molecule has 1 heterocycles. The van der Waals surface area contributed by atoms with Crippen LogP contribution in [0.4, 0.5) is 0 Å². The Morgan fingerprint density at radius 3 is 2.49 bits per heavy atom. The van der Waals surface area contributed by atoms with E-state index in [1.54, 1.807) is 30.3 Å². The lowest BCUT2D eigenvalue weighted by Gasteiger charge is -2.16. The number of para-hydroxylation sites is 1. The monoisotopic (exact) mass is 497 g/mol. The van der Waals surface area contributed by atoms with E-state index in [1.165, 1.54) is 11.6 Å². The summed E-state index contributed by atoms with van der Waals surface area (Å²) < 4.78 is 38.5. The van der Waals surface area contributed by atoms with Gasteiger partial charge in [-0.2, -0.15) is 0 Å². The van der Waals surface area contributed by atoms with E-state index >= 15 is 0 Å². The minimum Gasteiger partial charge on any atom is -0.486 e. The van der Waals surface area contributed by atoms with Crippen LogP contribution in [0.15, 0.2) is 70.0 Å². The second-order valence-corrected chi connectivity index (χ2v) is 9.92. The first kappa shape index (κ1) is 24.5. The van der Waals surface area contributed by atoms with Gasteiger partial charge in [-0.05, 0) is 73.2 Å². The number of nitrogens with one attached hydrogen (secondary N) is 3. The molecule has 2 amide bonds. The number of benzene rings is 2. The highest BCUT2D eigenvalue weighted by molar-refractivity contribution is 7.89. The quantitative estimate of drug-likeness (QED) is 0.390. The summed E-state index contributed by atoms with van der Waals surface area (Å²) in [6.07, 6.45) is 3.86. The van der Waals surface area contributed by atoms with Gasteiger partial charge in [-0.1, -0.05) is 24.3 Å². The largest absolute Gasteiger partial charge is 0.486 e. The number of amides is 2. The van der Waals surface area contributed by atoms with Crippen molar-refractivity contribution in [1.29, 1.82) is 0 Å². The predicted octanol–water partition coefficient (Wildman–Crippen LogP) is 2.87. The molecule has 1 aliphatic carbocycles. The topological polar surface area (TPSA) is 127 Å². The fourth-order valence-corrected chi connectivity index (χ4v) is 4.84. The third-order valence-electron chi connectivity index (χ3n) is 5.60. The van der Waals surface area contributed by atoms with E-state index in [-0.39, 0.29) is 30.2 Å². The Balaban J connectivity index is 1.19. The number of fused-ring (bicyclic) bond motifs is 1. The summed E-state index contributed by atoms with van der Waals surface area (Å²) in [4.78, 5) is 24.4. The summed E-state index contributed by atoms with van der Waals surface area (Å²) >= 11 is 0. The lowest BCUT2D eigenvalue weighted by Crippen LogP contribution is -2.42. The summed E-state index contributed by atoms with van der Waals surface area (Å²) in [6.45, 7) is 0.0386. The number of hydrogen-bond donors (Lipinski definition) is 3. The Morgan fingerprint density at radius 1 is 0.914 bits per heavy atom. The van der Waals surface area contributed by atoms with Crippen molar-refractivity contribution in [2.24, 2.45) is 0 Å². The first-order chi connectivity index (χ1) is 16.9. The molecule has 0 spiro atoms. The fraction of sp³-hybridized carbons (Fsp3) is 0.280. The average molecular weight is 498 g/mol. The van der Waals surface area contributed by atoms with Gasteiger partial charge in [-0.25, -0.2) is 13.1 Å². The normalized spacial score (nSPS) is 13.0. The number of aryl methyl sites for hydroxylation is 2. The molecule has 10 heteroatoms. The Hall–Kier alpha value is -3.63. The Morgan fingerprint density at radius 2 is 1.69 bits per heavy atom. The molecule has 0 saturated carbocycles. The van der Waals surface area contributed by atoms with Crippen molar-refractivity contribution < 1.29 is 27.2 Å². The molecule has 0 radical (unpaired) electrons. The highest BCUT2D eigenvalue weighted by atomic mass is 32.2. The van der Waals surface area contributed by atoms with Crippen LogP contribution in [0.25, 0.3) is 0 Å². The van der Waals surface area contributed by atoms with Crippen LogP contribution in [-0.2, 0) is 34.3 Å². The third-order valence-corrected chi connectivity index (χ3v) is 7.06. The molecule has 35 heavy (non-hydrogen) atoms. The maximum atomic E-state index is 12.6. The van der Waals surface area contributed by atoms with Gasteiger partial charge in [0.15, 0.2) is 5.76 Å². The minimum absolute atomic E-state index is 0.00470. The maximum absolute atomic E-state index is 12.6. The minimum atomic E-state index is -3.73. The first-order valence-electron chi connectivity index (χ1n) is 11.4. The number of sulfonamides is 1. The number of ether oxygens (including phenoxy) is 1. The molecule has 2 aromatic carbocycles. The van der Waals surface area contributed by atoms with E-state index in [9.17, 15) is 18.0 Å². The van der Waals surface area contributed by atoms with E-state index < -0.39 is 21.8 Å². The van der Waals surface area contributed by atoms with E-state index in [0.717, 1.165) is 31.2 Å². The predicted molar refractivity (Wildman–Crippen MR) is 128 cm³/mol. The van der Waals surface area contributed by atoms with Crippen molar-refractivity contribution in [3.63, 3.8) is 0 Å². The van der Waals surface area contributed by atoms with E-state index in [2.05, 4.69) is 15.6 Å². The molecular formula is C25H27N3O6S. The zero-order valence-electron chi connectivity index (χ0n) is 19.1. The number of carbonyl (C=O) groups is 2.